The third kappa shape index (κ3) is 3.68. The van der Waals surface area contributed by atoms with Crippen LogP contribution in [0.3, 0.4) is 0 Å². The molecule has 3 aromatic heterocycles. The van der Waals surface area contributed by atoms with E-state index in [2.05, 4.69) is 27.1 Å². The molecular formula is C22H24N4O2. The number of ether oxygens (including phenoxy) is 2. The van der Waals surface area contributed by atoms with Crippen molar-refractivity contribution in [2.45, 2.75) is 39.0 Å². The summed E-state index contributed by atoms with van der Waals surface area (Å²) < 4.78 is 11.7. The second kappa shape index (κ2) is 7.20. The summed E-state index contributed by atoms with van der Waals surface area (Å²) in [6, 6.07) is 7.88. The maximum atomic E-state index is 6.23. The number of pyridine rings is 2. The predicted molar refractivity (Wildman–Crippen MR) is 111 cm³/mol. The van der Waals surface area contributed by atoms with E-state index >= 15 is 0 Å². The number of aromatic amines is 1. The Kier molecular flexibility index (Phi) is 4.73. The van der Waals surface area contributed by atoms with Gasteiger partial charge in [-0.15, -0.1) is 0 Å². The summed E-state index contributed by atoms with van der Waals surface area (Å²) in [6.45, 7) is 6.13. The second-order valence-electron chi connectivity index (χ2n) is 7.74. The van der Waals surface area contributed by atoms with Crippen LogP contribution in [0.2, 0.25) is 0 Å². The highest BCUT2D eigenvalue weighted by molar-refractivity contribution is 6.15. The highest BCUT2D eigenvalue weighted by Crippen LogP contribution is 2.33. The minimum Gasteiger partial charge on any atom is -0.481 e. The van der Waals surface area contributed by atoms with Gasteiger partial charge in [0.25, 0.3) is 0 Å². The lowest BCUT2D eigenvalue weighted by Gasteiger charge is -2.28. The van der Waals surface area contributed by atoms with Crippen molar-refractivity contribution in [1.29, 1.82) is 0 Å². The number of rotatable bonds is 4. The van der Waals surface area contributed by atoms with E-state index in [1.54, 1.807) is 19.5 Å². The number of aromatic nitrogens is 3. The lowest BCUT2D eigenvalue weighted by molar-refractivity contribution is -0.0530. The van der Waals surface area contributed by atoms with Crippen molar-refractivity contribution in [3.8, 4) is 5.88 Å². The van der Waals surface area contributed by atoms with Gasteiger partial charge >= 0.3 is 0 Å². The molecule has 0 amide bonds. The molecule has 0 aliphatic carbocycles. The Labute approximate surface area is 164 Å². The van der Waals surface area contributed by atoms with Crippen molar-refractivity contribution in [1.82, 2.24) is 15.0 Å². The molecule has 4 rings (SSSR count). The van der Waals surface area contributed by atoms with Gasteiger partial charge in [-0.25, -0.2) is 9.97 Å². The molecule has 0 bridgehead atoms. The average Bonchev–Trinajstić information content (AvgIpc) is 3.10. The predicted octanol–water partition coefficient (Wildman–Crippen LogP) is 4.38. The number of H-pyrrole nitrogens is 1. The van der Waals surface area contributed by atoms with E-state index in [4.69, 9.17) is 14.5 Å². The molecule has 1 unspecified atom stereocenters. The second-order valence-corrected chi connectivity index (χ2v) is 7.74. The lowest BCUT2D eigenvalue weighted by atomic mass is 9.96. The molecule has 0 fully saturated rings. The van der Waals surface area contributed by atoms with Crippen LogP contribution in [0.15, 0.2) is 53.9 Å². The first-order valence-electron chi connectivity index (χ1n) is 9.32. The number of hydrogen-bond acceptors (Lipinski definition) is 5. The largest absolute Gasteiger partial charge is 0.481 e. The summed E-state index contributed by atoms with van der Waals surface area (Å²) in [5.74, 6) is 0.550. The summed E-state index contributed by atoms with van der Waals surface area (Å²) in [5.41, 5.74) is 4.48. The SMILES string of the molecule is COc1ncccc1C1=NC(OC(C)(C)C)CC(c2c[nH]c3ncccc23)=C1. The van der Waals surface area contributed by atoms with E-state index in [0.717, 1.165) is 33.4 Å². The maximum absolute atomic E-state index is 6.23. The Morgan fingerprint density at radius 1 is 1.07 bits per heavy atom. The molecule has 0 saturated carbocycles. The first-order valence-corrected chi connectivity index (χ1v) is 9.32. The van der Waals surface area contributed by atoms with E-state index in [1.165, 1.54) is 0 Å². The van der Waals surface area contributed by atoms with E-state index in [9.17, 15) is 0 Å². The number of dihydropyridines is 1. The van der Waals surface area contributed by atoms with Crippen LogP contribution >= 0.6 is 0 Å². The minimum atomic E-state index is -0.303. The number of hydrogen-bond donors (Lipinski definition) is 1. The summed E-state index contributed by atoms with van der Waals surface area (Å²) >= 11 is 0. The summed E-state index contributed by atoms with van der Waals surface area (Å²) in [4.78, 5) is 16.8. The lowest BCUT2D eigenvalue weighted by Crippen LogP contribution is -2.29. The third-order valence-corrected chi connectivity index (χ3v) is 4.52. The van der Waals surface area contributed by atoms with E-state index in [1.807, 2.05) is 45.2 Å². The van der Waals surface area contributed by atoms with Crippen LogP contribution < -0.4 is 4.74 Å². The van der Waals surface area contributed by atoms with Gasteiger partial charge in [-0.05, 0) is 56.7 Å². The van der Waals surface area contributed by atoms with Gasteiger partial charge in [0.05, 0.1) is 24.0 Å². The number of aliphatic imine (C=N–C) groups is 1. The van der Waals surface area contributed by atoms with Crippen LogP contribution in [0.4, 0.5) is 0 Å². The zero-order chi connectivity index (χ0) is 19.7. The van der Waals surface area contributed by atoms with Crippen LogP contribution in [-0.2, 0) is 4.74 Å². The van der Waals surface area contributed by atoms with Gasteiger partial charge in [-0.3, -0.25) is 4.99 Å². The molecule has 1 aliphatic rings. The molecule has 0 radical (unpaired) electrons. The number of allylic oxidation sites excluding steroid dienone is 1. The fraction of sp³-hybridized carbons (Fsp3) is 0.318. The van der Waals surface area contributed by atoms with Gasteiger partial charge in [0.2, 0.25) is 5.88 Å². The smallest absolute Gasteiger partial charge is 0.222 e. The van der Waals surface area contributed by atoms with Gasteiger partial charge in [0.15, 0.2) is 6.23 Å². The van der Waals surface area contributed by atoms with Gasteiger partial charge < -0.3 is 14.5 Å². The normalized spacial score (nSPS) is 17.4. The summed E-state index contributed by atoms with van der Waals surface area (Å²) in [5, 5.41) is 1.09. The minimum absolute atomic E-state index is 0.290. The third-order valence-electron chi connectivity index (χ3n) is 4.52. The van der Waals surface area contributed by atoms with Crippen LogP contribution in [-0.4, -0.2) is 39.6 Å². The van der Waals surface area contributed by atoms with Crippen molar-refractivity contribution in [3.63, 3.8) is 0 Å². The molecule has 0 saturated heterocycles. The quantitative estimate of drug-likeness (QED) is 0.733. The van der Waals surface area contributed by atoms with Crippen molar-refractivity contribution < 1.29 is 9.47 Å². The molecule has 4 heterocycles. The van der Waals surface area contributed by atoms with Crippen LogP contribution in [0.5, 0.6) is 5.88 Å². The zero-order valence-electron chi connectivity index (χ0n) is 16.6. The Morgan fingerprint density at radius 3 is 2.64 bits per heavy atom. The molecule has 0 aromatic carbocycles. The first kappa shape index (κ1) is 18.4. The van der Waals surface area contributed by atoms with Crippen molar-refractivity contribution in [3.05, 3.63) is 60.1 Å². The molecule has 3 aromatic rings. The van der Waals surface area contributed by atoms with Gasteiger partial charge in [-0.2, -0.15) is 0 Å². The van der Waals surface area contributed by atoms with Crippen molar-refractivity contribution in [2.24, 2.45) is 4.99 Å². The molecule has 28 heavy (non-hydrogen) atoms. The van der Waals surface area contributed by atoms with Crippen molar-refractivity contribution >= 4 is 22.3 Å². The van der Waals surface area contributed by atoms with Crippen molar-refractivity contribution in [2.75, 3.05) is 7.11 Å². The van der Waals surface area contributed by atoms with E-state index < -0.39 is 0 Å². The maximum Gasteiger partial charge on any atom is 0.222 e. The number of nitrogens with one attached hydrogen (secondary N) is 1. The van der Waals surface area contributed by atoms with Crippen LogP contribution in [0.1, 0.15) is 38.3 Å². The highest BCUT2D eigenvalue weighted by Gasteiger charge is 2.26. The number of methoxy groups -OCH3 is 1. The van der Waals surface area contributed by atoms with Gasteiger partial charge in [0, 0.05) is 36.0 Å². The molecule has 1 aliphatic heterocycles. The molecule has 144 valence electrons. The molecule has 1 N–H and O–H groups in total. The number of nitrogens with zero attached hydrogens (tertiary/aromatic N) is 3. The molecule has 6 heteroatoms. The summed E-state index contributed by atoms with van der Waals surface area (Å²) in [7, 11) is 1.62. The fourth-order valence-electron chi connectivity index (χ4n) is 3.43. The first-order chi connectivity index (χ1) is 13.4. The van der Waals surface area contributed by atoms with Gasteiger partial charge in [0.1, 0.15) is 5.65 Å². The molecule has 0 spiro atoms. The molecule has 6 nitrogen and oxygen atoms in total. The van der Waals surface area contributed by atoms with Crippen LogP contribution in [0.25, 0.3) is 16.6 Å². The monoisotopic (exact) mass is 376 g/mol. The van der Waals surface area contributed by atoms with Crippen LogP contribution in [0, 0.1) is 0 Å². The van der Waals surface area contributed by atoms with E-state index in [-0.39, 0.29) is 11.8 Å². The molecule has 1 atom stereocenters. The Bertz CT molecular complexity index is 1060. The Morgan fingerprint density at radius 2 is 1.86 bits per heavy atom. The zero-order valence-corrected chi connectivity index (χ0v) is 16.6. The van der Waals surface area contributed by atoms with Gasteiger partial charge in [-0.1, -0.05) is 0 Å². The summed E-state index contributed by atoms with van der Waals surface area (Å²) in [6.07, 6.45) is 7.99. The number of fused-ring (bicyclic) bond motifs is 1. The topological polar surface area (TPSA) is 72.4 Å². The Hall–Kier alpha value is -2.99. The van der Waals surface area contributed by atoms with E-state index in [0.29, 0.717) is 12.3 Å². The average molecular weight is 376 g/mol. The standard InChI is InChI=1S/C22H24N4O2/c1-22(2,3)28-19-12-14(17-13-25-20-15(17)7-5-9-23-20)11-18(26-19)16-8-6-10-24-21(16)27-4/h5-11,13,19H,12H2,1-4H3,(H,23,25). The molecular weight excluding hydrogens is 352 g/mol. The Balaban J connectivity index is 1.82. The fourth-order valence-corrected chi connectivity index (χ4v) is 3.43. The highest BCUT2D eigenvalue weighted by atomic mass is 16.5.